The Labute approximate surface area is 113 Å². The van der Waals surface area contributed by atoms with Gasteiger partial charge in [0.1, 0.15) is 5.82 Å². The largest absolute Gasteiger partial charge is 0.384 e. The molecule has 0 atom stereocenters. The number of hydrogen-bond acceptors (Lipinski definition) is 4. The number of anilines is 1. The van der Waals surface area contributed by atoms with Crippen molar-refractivity contribution in [2.24, 2.45) is 5.92 Å². The number of hydrogen-bond donors (Lipinski definition) is 1. The van der Waals surface area contributed by atoms with Crippen LogP contribution in [0.25, 0.3) is 5.65 Å². The third-order valence-electron chi connectivity index (χ3n) is 4.17. The third-order valence-corrected chi connectivity index (χ3v) is 4.17. The van der Waals surface area contributed by atoms with Gasteiger partial charge in [-0.2, -0.15) is 9.61 Å². The summed E-state index contributed by atoms with van der Waals surface area (Å²) in [6.45, 7) is 5.84. The van der Waals surface area contributed by atoms with E-state index < -0.39 is 0 Å². The van der Waals surface area contributed by atoms with Crippen molar-refractivity contribution in [3.05, 3.63) is 24.0 Å². The minimum atomic E-state index is 0.650. The van der Waals surface area contributed by atoms with Crippen molar-refractivity contribution in [1.29, 1.82) is 0 Å². The molecular formula is C14H21N5. The fourth-order valence-corrected chi connectivity index (χ4v) is 2.92. The molecule has 0 aromatic carbocycles. The van der Waals surface area contributed by atoms with Crippen LogP contribution in [0.1, 0.15) is 25.3 Å². The van der Waals surface area contributed by atoms with Gasteiger partial charge in [0.25, 0.3) is 0 Å². The molecule has 1 saturated heterocycles. The second-order valence-electron chi connectivity index (χ2n) is 5.36. The lowest BCUT2D eigenvalue weighted by atomic mass is 9.91. The zero-order valence-corrected chi connectivity index (χ0v) is 11.4. The second kappa shape index (κ2) is 5.17. The molecule has 102 valence electrons. The average Bonchev–Trinajstić information content (AvgIpc) is 2.84. The van der Waals surface area contributed by atoms with Crippen molar-refractivity contribution in [2.75, 3.05) is 25.4 Å². The molecule has 1 aliphatic rings. The van der Waals surface area contributed by atoms with Crippen molar-refractivity contribution >= 4 is 11.5 Å². The number of nitrogen functional groups attached to an aromatic ring is 1. The molecule has 3 heterocycles. The minimum Gasteiger partial charge on any atom is -0.384 e. The zero-order chi connectivity index (χ0) is 13.2. The van der Waals surface area contributed by atoms with Gasteiger partial charge in [-0.1, -0.05) is 6.92 Å². The minimum absolute atomic E-state index is 0.650. The monoisotopic (exact) mass is 259 g/mol. The van der Waals surface area contributed by atoms with Gasteiger partial charge in [0.2, 0.25) is 0 Å². The smallest absolute Gasteiger partial charge is 0.160 e. The standard InChI is InChI=1S/C14H21N5/c1-2-18-7-4-11(5-8-18)9-12-10-17-19-13(15)3-6-16-14(12)19/h3,6,10-11H,2,4-5,7-9,15H2,1H3. The summed E-state index contributed by atoms with van der Waals surface area (Å²) in [5.41, 5.74) is 8.03. The van der Waals surface area contributed by atoms with Gasteiger partial charge in [-0.25, -0.2) is 4.98 Å². The average molecular weight is 259 g/mol. The molecule has 3 rings (SSSR count). The summed E-state index contributed by atoms with van der Waals surface area (Å²) in [6.07, 6.45) is 7.29. The molecule has 0 aliphatic carbocycles. The van der Waals surface area contributed by atoms with Crippen molar-refractivity contribution in [3.8, 4) is 0 Å². The van der Waals surface area contributed by atoms with Gasteiger partial charge < -0.3 is 10.6 Å². The van der Waals surface area contributed by atoms with Crippen molar-refractivity contribution in [1.82, 2.24) is 19.5 Å². The predicted octanol–water partition coefficient (Wildman–Crippen LogP) is 1.59. The number of likely N-dealkylation sites (tertiary alicyclic amines) is 1. The Balaban J connectivity index is 1.74. The van der Waals surface area contributed by atoms with Crippen LogP contribution < -0.4 is 5.73 Å². The predicted molar refractivity (Wildman–Crippen MR) is 75.9 cm³/mol. The lowest BCUT2D eigenvalue weighted by Gasteiger charge is -2.30. The van der Waals surface area contributed by atoms with Crippen LogP contribution in [-0.4, -0.2) is 39.1 Å². The maximum Gasteiger partial charge on any atom is 0.160 e. The van der Waals surface area contributed by atoms with Crippen LogP contribution in [0.3, 0.4) is 0 Å². The maximum absolute atomic E-state index is 5.89. The van der Waals surface area contributed by atoms with Gasteiger partial charge in [0.05, 0.1) is 6.20 Å². The Kier molecular flexibility index (Phi) is 3.38. The first-order chi connectivity index (χ1) is 9.28. The van der Waals surface area contributed by atoms with E-state index in [-0.39, 0.29) is 0 Å². The number of fused-ring (bicyclic) bond motifs is 1. The van der Waals surface area contributed by atoms with Crippen LogP contribution in [0.4, 0.5) is 5.82 Å². The van der Waals surface area contributed by atoms with E-state index in [4.69, 9.17) is 5.73 Å². The van der Waals surface area contributed by atoms with Gasteiger partial charge in [-0.05, 0) is 50.9 Å². The van der Waals surface area contributed by atoms with Crippen LogP contribution in [-0.2, 0) is 6.42 Å². The highest BCUT2D eigenvalue weighted by atomic mass is 15.3. The number of nitrogens with two attached hydrogens (primary N) is 1. The number of rotatable bonds is 3. The summed E-state index contributed by atoms with van der Waals surface area (Å²) < 4.78 is 1.73. The van der Waals surface area contributed by atoms with Crippen LogP contribution in [0.2, 0.25) is 0 Å². The van der Waals surface area contributed by atoms with E-state index in [0.29, 0.717) is 5.82 Å². The first-order valence-electron chi connectivity index (χ1n) is 7.07. The second-order valence-corrected chi connectivity index (χ2v) is 5.36. The molecule has 0 saturated carbocycles. The normalized spacial score (nSPS) is 18.2. The van der Waals surface area contributed by atoms with Crippen LogP contribution in [0.5, 0.6) is 0 Å². The van der Waals surface area contributed by atoms with Gasteiger partial charge in [-0.3, -0.25) is 0 Å². The van der Waals surface area contributed by atoms with Gasteiger partial charge in [0.15, 0.2) is 5.65 Å². The van der Waals surface area contributed by atoms with Crippen molar-refractivity contribution in [3.63, 3.8) is 0 Å². The third kappa shape index (κ3) is 2.42. The molecular weight excluding hydrogens is 238 g/mol. The fraction of sp³-hybridized carbons (Fsp3) is 0.571. The van der Waals surface area contributed by atoms with Crippen molar-refractivity contribution < 1.29 is 0 Å². The molecule has 2 aromatic rings. The quantitative estimate of drug-likeness (QED) is 0.909. The molecule has 2 N–H and O–H groups in total. The maximum atomic E-state index is 5.89. The molecule has 5 nitrogen and oxygen atoms in total. The molecule has 0 bridgehead atoms. The number of nitrogens with zero attached hydrogens (tertiary/aromatic N) is 4. The van der Waals surface area contributed by atoms with E-state index >= 15 is 0 Å². The Hall–Kier alpha value is -1.62. The molecule has 1 aliphatic heterocycles. The highest BCUT2D eigenvalue weighted by molar-refractivity contribution is 5.51. The molecule has 2 aromatic heterocycles. The van der Waals surface area contributed by atoms with Crippen LogP contribution in [0, 0.1) is 5.92 Å². The molecule has 0 unspecified atom stereocenters. The molecule has 5 heteroatoms. The molecule has 19 heavy (non-hydrogen) atoms. The Morgan fingerprint density at radius 2 is 2.16 bits per heavy atom. The molecule has 1 fully saturated rings. The zero-order valence-electron chi connectivity index (χ0n) is 11.4. The van der Waals surface area contributed by atoms with E-state index in [9.17, 15) is 0 Å². The van der Waals surface area contributed by atoms with E-state index in [1.807, 2.05) is 6.20 Å². The summed E-state index contributed by atoms with van der Waals surface area (Å²) in [5.74, 6) is 1.40. The number of aromatic nitrogens is 3. The van der Waals surface area contributed by atoms with E-state index in [1.54, 1.807) is 16.8 Å². The summed E-state index contributed by atoms with van der Waals surface area (Å²) in [7, 11) is 0. The molecule has 0 radical (unpaired) electrons. The lowest BCUT2D eigenvalue weighted by molar-refractivity contribution is 0.192. The first kappa shape index (κ1) is 12.4. The summed E-state index contributed by atoms with van der Waals surface area (Å²) >= 11 is 0. The van der Waals surface area contributed by atoms with Gasteiger partial charge in [0, 0.05) is 11.8 Å². The van der Waals surface area contributed by atoms with E-state index in [2.05, 4.69) is 21.9 Å². The molecule has 0 amide bonds. The highest BCUT2D eigenvalue weighted by Gasteiger charge is 2.20. The fourth-order valence-electron chi connectivity index (χ4n) is 2.92. The Morgan fingerprint density at radius 1 is 1.37 bits per heavy atom. The summed E-state index contributed by atoms with van der Waals surface area (Å²) in [5, 5.41) is 4.33. The van der Waals surface area contributed by atoms with Gasteiger partial charge in [-0.15, -0.1) is 0 Å². The summed E-state index contributed by atoms with van der Waals surface area (Å²) in [4.78, 5) is 6.93. The lowest BCUT2D eigenvalue weighted by Crippen LogP contribution is -2.34. The Bertz CT molecular complexity index is 554. The van der Waals surface area contributed by atoms with E-state index in [1.165, 1.54) is 38.0 Å². The van der Waals surface area contributed by atoms with Gasteiger partial charge >= 0.3 is 0 Å². The highest BCUT2D eigenvalue weighted by Crippen LogP contribution is 2.23. The SMILES string of the molecule is CCN1CCC(Cc2cnn3c(N)ccnc23)CC1. The number of piperidine rings is 1. The van der Waals surface area contributed by atoms with Crippen LogP contribution in [0.15, 0.2) is 18.5 Å². The topological polar surface area (TPSA) is 59.5 Å². The van der Waals surface area contributed by atoms with Crippen LogP contribution >= 0.6 is 0 Å². The Morgan fingerprint density at radius 3 is 2.89 bits per heavy atom. The van der Waals surface area contributed by atoms with Crippen molar-refractivity contribution in [2.45, 2.75) is 26.2 Å². The summed E-state index contributed by atoms with van der Waals surface area (Å²) in [6, 6.07) is 1.78. The van der Waals surface area contributed by atoms with E-state index in [0.717, 1.165) is 18.0 Å². The first-order valence-corrected chi connectivity index (χ1v) is 7.07. The molecule has 0 spiro atoms.